The van der Waals surface area contributed by atoms with Crippen molar-refractivity contribution >= 4 is 11.9 Å². The number of carboxylic acids is 1. The van der Waals surface area contributed by atoms with E-state index in [-0.39, 0.29) is 11.6 Å². The molecule has 0 spiro atoms. The van der Waals surface area contributed by atoms with Crippen molar-refractivity contribution in [3.05, 3.63) is 52.7 Å². The minimum Gasteiger partial charge on any atom is -0.475 e. The first-order valence-electron chi connectivity index (χ1n) is 9.76. The quantitative estimate of drug-likeness (QED) is 0.744. The van der Waals surface area contributed by atoms with Crippen LogP contribution in [0.4, 0.5) is 13.2 Å². The normalized spacial score (nSPS) is 21.2. The predicted octanol–water partition coefficient (Wildman–Crippen LogP) is 1.97. The molecule has 2 aliphatic rings. The second kappa shape index (κ2) is 8.96. The van der Waals surface area contributed by atoms with E-state index in [9.17, 15) is 22.8 Å². The van der Waals surface area contributed by atoms with Crippen LogP contribution in [0.15, 0.2) is 41.5 Å². The molecule has 0 aliphatic carbocycles. The molecule has 8 nitrogen and oxygen atoms in total. The number of rotatable bonds is 2. The smallest absolute Gasteiger partial charge is 0.475 e. The largest absolute Gasteiger partial charge is 0.490 e. The molecular formula is C20H23F3N4O4. The molecular weight excluding hydrogens is 417 g/mol. The van der Waals surface area contributed by atoms with Gasteiger partial charge in [0.1, 0.15) is 0 Å². The second-order valence-corrected chi connectivity index (χ2v) is 7.73. The first-order chi connectivity index (χ1) is 14.6. The lowest BCUT2D eigenvalue weighted by Gasteiger charge is -2.37. The number of hydrogen-bond donors (Lipinski definition) is 2. The van der Waals surface area contributed by atoms with E-state index in [1.165, 1.54) is 11.0 Å². The summed E-state index contributed by atoms with van der Waals surface area (Å²) in [6.45, 7) is 5.97. The zero-order chi connectivity index (χ0) is 22.8. The molecule has 1 aromatic heterocycles. The van der Waals surface area contributed by atoms with E-state index in [1.807, 2.05) is 23.1 Å². The number of aromatic nitrogens is 2. The number of hydrogen-bond acceptors (Lipinski definition) is 4. The van der Waals surface area contributed by atoms with Crippen LogP contribution in [0, 0.1) is 5.92 Å². The number of nitrogens with zero attached hydrogens (tertiary/aromatic N) is 3. The van der Waals surface area contributed by atoms with Gasteiger partial charge in [0.25, 0.3) is 5.91 Å². The number of carbonyl (C=O) groups excluding carboxylic acids is 1. The monoisotopic (exact) mass is 440 g/mol. The van der Waals surface area contributed by atoms with E-state index in [4.69, 9.17) is 9.90 Å². The number of aliphatic carboxylic acids is 1. The Morgan fingerprint density at radius 1 is 1.19 bits per heavy atom. The maximum Gasteiger partial charge on any atom is 0.490 e. The minimum atomic E-state index is -5.08. The van der Waals surface area contributed by atoms with Crippen LogP contribution in [0.25, 0.3) is 5.69 Å². The highest BCUT2D eigenvalue weighted by molar-refractivity contribution is 5.94. The summed E-state index contributed by atoms with van der Waals surface area (Å²) in [5.41, 5.74) is 1.15. The van der Waals surface area contributed by atoms with Crippen molar-refractivity contribution in [2.75, 3.05) is 26.2 Å². The van der Waals surface area contributed by atoms with Gasteiger partial charge in [-0.25, -0.2) is 9.59 Å². The van der Waals surface area contributed by atoms with Gasteiger partial charge in [-0.2, -0.15) is 13.2 Å². The van der Waals surface area contributed by atoms with Gasteiger partial charge < -0.3 is 15.0 Å². The number of aromatic amines is 1. The number of nitrogens with one attached hydrogen (secondary N) is 1. The lowest BCUT2D eigenvalue weighted by atomic mass is 10.1. The minimum absolute atomic E-state index is 0.0552. The zero-order valence-electron chi connectivity index (χ0n) is 16.8. The first kappa shape index (κ1) is 22.6. The van der Waals surface area contributed by atoms with Crippen molar-refractivity contribution in [3.8, 4) is 5.69 Å². The summed E-state index contributed by atoms with van der Waals surface area (Å²) in [4.78, 5) is 40.6. The Kier molecular flexibility index (Phi) is 6.54. The average molecular weight is 440 g/mol. The molecule has 2 fully saturated rings. The van der Waals surface area contributed by atoms with Gasteiger partial charge in [0.2, 0.25) is 0 Å². The molecule has 1 aromatic carbocycles. The highest BCUT2D eigenvalue weighted by Gasteiger charge is 2.38. The molecule has 11 heteroatoms. The number of carboxylic acid groups (broad SMARTS) is 1. The number of fused-ring (bicyclic) bond motifs is 1. The Morgan fingerprint density at radius 2 is 1.90 bits per heavy atom. The Bertz CT molecular complexity index is 1000. The topological polar surface area (TPSA) is 98.6 Å². The van der Waals surface area contributed by atoms with Crippen LogP contribution in [-0.2, 0) is 4.79 Å². The molecule has 4 rings (SSSR count). The number of benzene rings is 1. The van der Waals surface area contributed by atoms with Crippen LogP contribution in [0.5, 0.6) is 0 Å². The highest BCUT2D eigenvalue weighted by atomic mass is 19.4. The Morgan fingerprint density at radius 3 is 2.52 bits per heavy atom. The maximum atomic E-state index is 12.9. The van der Waals surface area contributed by atoms with Crippen LogP contribution in [-0.4, -0.2) is 74.7 Å². The first-order valence-corrected chi connectivity index (χ1v) is 9.76. The lowest BCUT2D eigenvalue weighted by Crippen LogP contribution is -2.52. The van der Waals surface area contributed by atoms with Crippen molar-refractivity contribution < 1.29 is 27.9 Å². The molecule has 2 atom stereocenters. The van der Waals surface area contributed by atoms with Gasteiger partial charge >= 0.3 is 17.8 Å². The summed E-state index contributed by atoms with van der Waals surface area (Å²) in [5.74, 6) is -1.99. The Balaban J connectivity index is 0.000000339. The van der Waals surface area contributed by atoms with Gasteiger partial charge in [0, 0.05) is 50.2 Å². The van der Waals surface area contributed by atoms with Crippen molar-refractivity contribution in [1.29, 1.82) is 0 Å². The number of H-pyrrole nitrogens is 1. The molecule has 0 saturated carbocycles. The van der Waals surface area contributed by atoms with Crippen LogP contribution in [0.1, 0.15) is 23.7 Å². The molecule has 3 heterocycles. The number of amides is 1. The zero-order valence-corrected chi connectivity index (χ0v) is 16.8. The molecule has 168 valence electrons. The van der Waals surface area contributed by atoms with E-state index < -0.39 is 12.1 Å². The van der Waals surface area contributed by atoms with Gasteiger partial charge in [0.15, 0.2) is 0 Å². The number of alkyl halides is 3. The third-order valence-corrected chi connectivity index (χ3v) is 5.38. The van der Waals surface area contributed by atoms with Crippen molar-refractivity contribution in [2.45, 2.75) is 25.6 Å². The van der Waals surface area contributed by atoms with Gasteiger partial charge in [-0.15, -0.1) is 0 Å². The van der Waals surface area contributed by atoms with Crippen LogP contribution in [0.3, 0.4) is 0 Å². The van der Waals surface area contributed by atoms with Gasteiger partial charge in [-0.3, -0.25) is 14.3 Å². The molecule has 2 N–H and O–H groups in total. The van der Waals surface area contributed by atoms with E-state index in [0.717, 1.165) is 26.2 Å². The lowest BCUT2D eigenvalue weighted by molar-refractivity contribution is -0.192. The van der Waals surface area contributed by atoms with E-state index in [1.54, 1.807) is 18.5 Å². The average Bonchev–Trinajstić information content (AvgIpc) is 3.31. The molecule has 2 aromatic rings. The third kappa shape index (κ3) is 5.35. The van der Waals surface area contributed by atoms with E-state index >= 15 is 0 Å². The molecule has 2 saturated heterocycles. The van der Waals surface area contributed by atoms with Gasteiger partial charge in [-0.1, -0.05) is 13.0 Å². The van der Waals surface area contributed by atoms with Crippen molar-refractivity contribution in [3.63, 3.8) is 0 Å². The Hall–Kier alpha value is -3.08. The summed E-state index contributed by atoms with van der Waals surface area (Å²) < 4.78 is 33.2. The molecule has 0 bridgehead atoms. The number of halogens is 3. The number of piperazine rings is 1. The molecule has 31 heavy (non-hydrogen) atoms. The Labute approximate surface area is 175 Å². The van der Waals surface area contributed by atoms with Crippen LogP contribution in [0.2, 0.25) is 0 Å². The summed E-state index contributed by atoms with van der Waals surface area (Å²) in [6, 6.07) is 7.78. The van der Waals surface area contributed by atoms with Crippen LogP contribution < -0.4 is 5.69 Å². The van der Waals surface area contributed by atoms with Crippen molar-refractivity contribution in [1.82, 2.24) is 19.4 Å². The maximum absolute atomic E-state index is 12.9. The predicted molar refractivity (Wildman–Crippen MR) is 105 cm³/mol. The standard InChI is InChI=1S/C18H22N4O2.C2HF3O2/c1-13-9-16-12-21(8-7-20(16)11-13)17(23)14-3-2-4-15(10-14)22-6-5-19-18(22)24;3-2(4,5)1(6)7/h2-6,10,13,16H,7-9,11-12H2,1H3,(H,19,24);(H,6,7). The number of carbonyl (C=O) groups is 2. The fraction of sp³-hybridized carbons (Fsp3) is 0.450. The van der Waals surface area contributed by atoms with Gasteiger partial charge in [0.05, 0.1) is 5.69 Å². The van der Waals surface area contributed by atoms with Crippen molar-refractivity contribution in [2.24, 2.45) is 5.92 Å². The molecule has 2 unspecified atom stereocenters. The summed E-state index contributed by atoms with van der Waals surface area (Å²) in [5, 5.41) is 7.12. The summed E-state index contributed by atoms with van der Waals surface area (Å²) >= 11 is 0. The van der Waals surface area contributed by atoms with Gasteiger partial charge in [-0.05, 0) is 30.5 Å². The molecule has 0 radical (unpaired) electrons. The van der Waals surface area contributed by atoms with E-state index in [2.05, 4.69) is 16.8 Å². The summed E-state index contributed by atoms with van der Waals surface area (Å²) in [6.07, 6.45) is -0.648. The highest BCUT2D eigenvalue weighted by Crippen LogP contribution is 2.26. The second-order valence-electron chi connectivity index (χ2n) is 7.73. The molecule has 2 aliphatic heterocycles. The number of imidazole rings is 1. The van der Waals surface area contributed by atoms with E-state index in [0.29, 0.717) is 23.2 Å². The third-order valence-electron chi connectivity index (χ3n) is 5.38. The van der Waals surface area contributed by atoms with Crippen LogP contribution >= 0.6 is 0 Å². The fourth-order valence-electron chi connectivity index (χ4n) is 3.98. The SMILES string of the molecule is CC1CC2CN(C(=O)c3cccc(-n4cc[nH]c4=O)c3)CCN2C1.O=C(O)C(F)(F)F. The molecule has 1 amide bonds. The summed E-state index contributed by atoms with van der Waals surface area (Å²) in [7, 11) is 0. The fourth-order valence-corrected chi connectivity index (χ4v) is 3.98.